The Bertz CT molecular complexity index is 882. The van der Waals surface area contributed by atoms with Crippen molar-refractivity contribution in [3.05, 3.63) is 65.7 Å². The van der Waals surface area contributed by atoms with Gasteiger partial charge >= 0.3 is 0 Å². The Morgan fingerprint density at radius 2 is 1.83 bits per heavy atom. The molecule has 1 aromatic carbocycles. The Kier molecular flexibility index (Phi) is 7.43. The quantitative estimate of drug-likeness (QED) is 0.688. The van der Waals surface area contributed by atoms with E-state index in [4.69, 9.17) is 4.42 Å². The zero-order valence-electron chi connectivity index (χ0n) is 17.1. The molecule has 1 aliphatic heterocycles. The van der Waals surface area contributed by atoms with E-state index in [2.05, 4.69) is 10.6 Å². The van der Waals surface area contributed by atoms with E-state index in [-0.39, 0.29) is 29.3 Å². The first-order chi connectivity index (χ1) is 14.6. The summed E-state index contributed by atoms with van der Waals surface area (Å²) >= 11 is 0. The number of amides is 3. The van der Waals surface area contributed by atoms with Crippen LogP contribution in [-0.2, 0) is 9.59 Å². The van der Waals surface area contributed by atoms with Gasteiger partial charge in [0.15, 0.2) is 0 Å². The van der Waals surface area contributed by atoms with Crippen LogP contribution in [-0.4, -0.2) is 42.3 Å². The number of nitrogens with one attached hydrogen (secondary N) is 2. The van der Waals surface area contributed by atoms with Crippen LogP contribution in [0.1, 0.15) is 42.3 Å². The molecule has 1 aromatic heterocycles. The second-order valence-electron chi connectivity index (χ2n) is 7.25. The van der Waals surface area contributed by atoms with Crippen LogP contribution in [0.5, 0.6) is 0 Å². The third-order valence-electron chi connectivity index (χ3n) is 5.05. The Balaban J connectivity index is 1.69. The number of benzene rings is 1. The normalized spacial score (nSPS) is 15.0. The van der Waals surface area contributed by atoms with Crippen LogP contribution in [0.25, 0.3) is 6.08 Å². The van der Waals surface area contributed by atoms with E-state index in [0.29, 0.717) is 43.8 Å². The molecule has 2 heterocycles. The zero-order valence-corrected chi connectivity index (χ0v) is 17.1. The van der Waals surface area contributed by atoms with Gasteiger partial charge in [0.2, 0.25) is 5.91 Å². The average molecular weight is 409 g/mol. The molecular weight excluding hydrogens is 382 g/mol. The fourth-order valence-corrected chi connectivity index (χ4v) is 3.36. The van der Waals surface area contributed by atoms with Crippen LogP contribution in [0.3, 0.4) is 0 Å². The van der Waals surface area contributed by atoms with Gasteiger partial charge in [0, 0.05) is 37.2 Å². The minimum Gasteiger partial charge on any atom is -0.465 e. The van der Waals surface area contributed by atoms with E-state index in [0.717, 1.165) is 6.42 Å². The number of rotatable bonds is 7. The van der Waals surface area contributed by atoms with Crippen molar-refractivity contribution in [2.45, 2.75) is 26.2 Å². The number of hydrogen-bond acceptors (Lipinski definition) is 4. The molecular formula is C23H27N3O4. The Hall–Kier alpha value is -3.35. The summed E-state index contributed by atoms with van der Waals surface area (Å²) in [6.07, 6.45) is 5.13. The van der Waals surface area contributed by atoms with Crippen LogP contribution in [0.15, 0.2) is 58.8 Å². The van der Waals surface area contributed by atoms with Gasteiger partial charge in [-0.2, -0.15) is 0 Å². The third-order valence-corrected chi connectivity index (χ3v) is 5.05. The summed E-state index contributed by atoms with van der Waals surface area (Å²) < 4.78 is 5.32. The maximum atomic E-state index is 13.1. The van der Waals surface area contributed by atoms with Crippen LogP contribution in [0.4, 0.5) is 0 Å². The smallest absolute Gasteiger partial charge is 0.270 e. The molecule has 1 fully saturated rings. The van der Waals surface area contributed by atoms with Gasteiger partial charge in [-0.3, -0.25) is 14.4 Å². The molecule has 7 nitrogen and oxygen atoms in total. The summed E-state index contributed by atoms with van der Waals surface area (Å²) in [5.41, 5.74) is 0.606. The molecule has 0 bridgehead atoms. The lowest BCUT2D eigenvalue weighted by molar-refractivity contribution is -0.132. The standard InChI is InChI=1S/C23H27N3O4/c1-2-12-24-21(27)18-10-13-26(14-11-18)23(29)20(16-19-9-6-15-30-19)25-22(28)17-7-4-3-5-8-17/h3-9,15-16,18H,2,10-14H2,1H3,(H,24,27)(H,25,28). The van der Waals surface area contributed by atoms with Crippen molar-refractivity contribution in [3.8, 4) is 0 Å². The van der Waals surface area contributed by atoms with Crippen molar-refractivity contribution in [2.24, 2.45) is 5.92 Å². The minimum atomic E-state index is -0.365. The van der Waals surface area contributed by atoms with Crippen molar-refractivity contribution in [3.63, 3.8) is 0 Å². The maximum absolute atomic E-state index is 13.1. The highest BCUT2D eigenvalue weighted by Gasteiger charge is 2.29. The van der Waals surface area contributed by atoms with Gasteiger partial charge in [-0.1, -0.05) is 25.1 Å². The highest BCUT2D eigenvalue weighted by molar-refractivity contribution is 6.05. The summed E-state index contributed by atoms with van der Waals surface area (Å²) in [4.78, 5) is 39.6. The van der Waals surface area contributed by atoms with Crippen LogP contribution < -0.4 is 10.6 Å². The SMILES string of the molecule is CCCNC(=O)C1CCN(C(=O)C(=Cc2ccco2)NC(=O)c2ccccc2)CC1. The van der Waals surface area contributed by atoms with Crippen molar-refractivity contribution < 1.29 is 18.8 Å². The number of piperidine rings is 1. The van der Waals surface area contributed by atoms with E-state index in [9.17, 15) is 14.4 Å². The van der Waals surface area contributed by atoms with Crippen molar-refractivity contribution in [1.29, 1.82) is 0 Å². The Morgan fingerprint density at radius 1 is 1.10 bits per heavy atom. The predicted molar refractivity (Wildman–Crippen MR) is 113 cm³/mol. The van der Waals surface area contributed by atoms with Gasteiger partial charge in [-0.05, 0) is 43.5 Å². The molecule has 0 aliphatic carbocycles. The fraction of sp³-hybridized carbons (Fsp3) is 0.348. The molecule has 0 saturated carbocycles. The number of nitrogens with zero attached hydrogens (tertiary/aromatic N) is 1. The summed E-state index contributed by atoms with van der Waals surface area (Å²) in [6.45, 7) is 3.59. The first-order valence-corrected chi connectivity index (χ1v) is 10.3. The van der Waals surface area contributed by atoms with E-state index in [1.807, 2.05) is 13.0 Å². The zero-order chi connectivity index (χ0) is 21.3. The average Bonchev–Trinajstić information content (AvgIpc) is 3.30. The molecule has 30 heavy (non-hydrogen) atoms. The number of carbonyl (C=O) groups excluding carboxylic acids is 3. The Labute approximate surface area is 176 Å². The molecule has 7 heteroatoms. The first kappa shape index (κ1) is 21.4. The maximum Gasteiger partial charge on any atom is 0.270 e. The van der Waals surface area contributed by atoms with E-state index >= 15 is 0 Å². The van der Waals surface area contributed by atoms with E-state index in [1.165, 1.54) is 12.3 Å². The molecule has 1 saturated heterocycles. The third kappa shape index (κ3) is 5.59. The van der Waals surface area contributed by atoms with Gasteiger partial charge in [-0.15, -0.1) is 0 Å². The van der Waals surface area contributed by atoms with Crippen LogP contribution in [0, 0.1) is 5.92 Å². The number of likely N-dealkylation sites (tertiary alicyclic amines) is 1. The molecule has 2 N–H and O–H groups in total. The summed E-state index contributed by atoms with van der Waals surface area (Å²) in [5, 5.41) is 5.64. The highest BCUT2D eigenvalue weighted by atomic mass is 16.3. The van der Waals surface area contributed by atoms with Crippen molar-refractivity contribution >= 4 is 23.8 Å². The fourth-order valence-electron chi connectivity index (χ4n) is 3.36. The largest absolute Gasteiger partial charge is 0.465 e. The second kappa shape index (κ2) is 10.4. The Morgan fingerprint density at radius 3 is 2.47 bits per heavy atom. The lowest BCUT2D eigenvalue weighted by atomic mass is 9.95. The van der Waals surface area contributed by atoms with E-state index < -0.39 is 0 Å². The van der Waals surface area contributed by atoms with Crippen LogP contribution in [0.2, 0.25) is 0 Å². The molecule has 1 aliphatic rings. The molecule has 3 amide bonds. The van der Waals surface area contributed by atoms with E-state index in [1.54, 1.807) is 41.3 Å². The molecule has 158 valence electrons. The summed E-state index contributed by atoms with van der Waals surface area (Å²) in [7, 11) is 0. The minimum absolute atomic E-state index is 0.0488. The van der Waals surface area contributed by atoms with Gasteiger partial charge in [0.05, 0.1) is 6.26 Å². The topological polar surface area (TPSA) is 91.7 Å². The molecule has 0 atom stereocenters. The summed E-state index contributed by atoms with van der Waals surface area (Å²) in [5.74, 6) is -0.219. The molecule has 2 aromatic rings. The van der Waals surface area contributed by atoms with Gasteiger partial charge in [-0.25, -0.2) is 0 Å². The number of hydrogen-bond donors (Lipinski definition) is 2. The van der Waals surface area contributed by atoms with Gasteiger partial charge in [0.25, 0.3) is 11.8 Å². The van der Waals surface area contributed by atoms with Crippen molar-refractivity contribution in [2.75, 3.05) is 19.6 Å². The van der Waals surface area contributed by atoms with Gasteiger partial charge in [0.1, 0.15) is 11.5 Å². The van der Waals surface area contributed by atoms with Crippen molar-refractivity contribution in [1.82, 2.24) is 15.5 Å². The number of carbonyl (C=O) groups is 3. The summed E-state index contributed by atoms with van der Waals surface area (Å²) in [6, 6.07) is 12.2. The predicted octanol–water partition coefficient (Wildman–Crippen LogP) is 2.82. The molecule has 3 rings (SSSR count). The lowest BCUT2D eigenvalue weighted by Crippen LogP contribution is -2.45. The highest BCUT2D eigenvalue weighted by Crippen LogP contribution is 2.20. The lowest BCUT2D eigenvalue weighted by Gasteiger charge is -2.32. The second-order valence-corrected chi connectivity index (χ2v) is 7.25. The number of furan rings is 1. The molecule has 0 unspecified atom stereocenters. The molecule has 0 radical (unpaired) electrons. The first-order valence-electron chi connectivity index (χ1n) is 10.3. The van der Waals surface area contributed by atoms with Gasteiger partial charge < -0.3 is 20.0 Å². The monoisotopic (exact) mass is 409 g/mol. The van der Waals surface area contributed by atoms with Crippen LogP contribution >= 0.6 is 0 Å². The molecule has 0 spiro atoms.